The minimum Gasteiger partial charge on any atom is -1.00 e. The maximum absolute atomic E-state index is 3.49. The Kier molecular flexibility index (Phi) is 25.5. The van der Waals surface area contributed by atoms with E-state index in [1.54, 1.807) is 0 Å². The van der Waals surface area contributed by atoms with Gasteiger partial charge in [0.2, 0.25) is 0 Å². The molecule has 0 aliphatic heterocycles. The second-order valence-corrected chi connectivity index (χ2v) is 6.43. The van der Waals surface area contributed by atoms with Gasteiger partial charge in [0, 0.05) is 5.33 Å². The predicted octanol–water partition coefficient (Wildman–Crippen LogP) is 7.10. The van der Waals surface area contributed by atoms with Crippen LogP contribution in [-0.4, -0.2) is 28.4 Å². The third kappa shape index (κ3) is 21.7. The summed E-state index contributed by atoms with van der Waals surface area (Å²) >= 11 is 3.49. The fourth-order valence-electron chi connectivity index (χ4n) is 2.47. The standard InChI is InChI=1S/C17H35Br.Mg.2H/c1-2-3-4-5-6-7-8-9-10-11-12-13-14-15-16-17-18;;;/h2-17H2,1H3;;;/q;+2;2*-1. The summed E-state index contributed by atoms with van der Waals surface area (Å²) in [5.74, 6) is 0. The van der Waals surface area contributed by atoms with Gasteiger partial charge in [-0.3, -0.25) is 0 Å². The molecule has 0 nitrogen and oxygen atoms in total. The van der Waals surface area contributed by atoms with Gasteiger partial charge in [0.1, 0.15) is 0 Å². The molecule has 19 heavy (non-hydrogen) atoms. The SMILES string of the molecule is CCCCCCCCCCCCCCCCCBr.[H-].[H-].[Mg+2]. The van der Waals surface area contributed by atoms with Crippen molar-refractivity contribution in [2.75, 3.05) is 5.33 Å². The Morgan fingerprint density at radius 1 is 0.526 bits per heavy atom. The summed E-state index contributed by atoms with van der Waals surface area (Å²) in [6, 6.07) is 0. The van der Waals surface area contributed by atoms with E-state index in [0.29, 0.717) is 0 Å². The van der Waals surface area contributed by atoms with E-state index in [0.717, 1.165) is 0 Å². The zero-order valence-electron chi connectivity index (χ0n) is 15.4. The Balaban J connectivity index is -0.000000482. The minimum absolute atomic E-state index is 0. The van der Waals surface area contributed by atoms with Crippen molar-refractivity contribution in [1.82, 2.24) is 0 Å². The Labute approximate surface area is 150 Å². The summed E-state index contributed by atoms with van der Waals surface area (Å²) < 4.78 is 0. The number of rotatable bonds is 15. The molecule has 0 aliphatic rings. The van der Waals surface area contributed by atoms with Crippen molar-refractivity contribution in [2.24, 2.45) is 0 Å². The molecule has 0 saturated carbocycles. The van der Waals surface area contributed by atoms with Crippen LogP contribution in [0.3, 0.4) is 0 Å². The first-order valence-electron chi connectivity index (χ1n) is 8.47. The molecule has 0 saturated heterocycles. The van der Waals surface area contributed by atoms with Crippen LogP contribution in [0.2, 0.25) is 0 Å². The van der Waals surface area contributed by atoms with Crippen LogP contribution in [0.1, 0.15) is 106 Å². The van der Waals surface area contributed by atoms with E-state index in [9.17, 15) is 0 Å². The quantitative estimate of drug-likeness (QED) is 0.169. The number of halogens is 1. The summed E-state index contributed by atoms with van der Waals surface area (Å²) in [4.78, 5) is 0. The molecule has 0 rings (SSSR count). The third-order valence-corrected chi connectivity index (χ3v) is 4.30. The molecule has 114 valence electrons. The molecular formula is C17H37BrMg. The van der Waals surface area contributed by atoms with Crippen LogP contribution in [0.5, 0.6) is 0 Å². The molecule has 0 N–H and O–H groups in total. The molecule has 0 heterocycles. The summed E-state index contributed by atoms with van der Waals surface area (Å²) in [5, 5.41) is 1.19. The molecule has 0 radical (unpaired) electrons. The first-order valence-corrected chi connectivity index (χ1v) is 9.60. The van der Waals surface area contributed by atoms with E-state index < -0.39 is 0 Å². The largest absolute Gasteiger partial charge is 2.00 e. The van der Waals surface area contributed by atoms with E-state index in [1.165, 1.54) is 102 Å². The summed E-state index contributed by atoms with van der Waals surface area (Å²) in [5.41, 5.74) is 0. The second kappa shape index (κ2) is 21.5. The number of unbranched alkanes of at least 4 members (excludes halogenated alkanes) is 14. The molecule has 0 spiro atoms. The molecule has 0 atom stereocenters. The van der Waals surface area contributed by atoms with Crippen LogP contribution in [0, 0.1) is 0 Å². The van der Waals surface area contributed by atoms with Crippen LogP contribution < -0.4 is 0 Å². The maximum Gasteiger partial charge on any atom is 2.00 e. The van der Waals surface area contributed by atoms with E-state index >= 15 is 0 Å². The van der Waals surface area contributed by atoms with Gasteiger partial charge in [-0.15, -0.1) is 0 Å². The van der Waals surface area contributed by atoms with E-state index in [-0.39, 0.29) is 25.9 Å². The molecule has 0 aromatic rings. The van der Waals surface area contributed by atoms with Crippen molar-refractivity contribution < 1.29 is 2.85 Å². The minimum atomic E-state index is 0. The molecule has 0 aromatic carbocycles. The van der Waals surface area contributed by atoms with Gasteiger partial charge in [0.25, 0.3) is 0 Å². The van der Waals surface area contributed by atoms with Gasteiger partial charge >= 0.3 is 23.1 Å². The molecule has 0 aromatic heterocycles. The number of alkyl halides is 1. The van der Waals surface area contributed by atoms with Crippen molar-refractivity contribution in [2.45, 2.75) is 103 Å². The zero-order chi connectivity index (χ0) is 13.3. The van der Waals surface area contributed by atoms with Crippen molar-refractivity contribution in [3.63, 3.8) is 0 Å². The van der Waals surface area contributed by atoms with Crippen molar-refractivity contribution >= 4 is 39.0 Å². The van der Waals surface area contributed by atoms with Gasteiger partial charge < -0.3 is 2.85 Å². The summed E-state index contributed by atoms with van der Waals surface area (Å²) in [7, 11) is 0. The maximum atomic E-state index is 3.49. The molecular weight excluding hydrogens is 308 g/mol. The van der Waals surface area contributed by atoms with Gasteiger partial charge in [-0.2, -0.15) is 0 Å². The van der Waals surface area contributed by atoms with Crippen LogP contribution in [0.15, 0.2) is 0 Å². The van der Waals surface area contributed by atoms with Crippen molar-refractivity contribution in [1.29, 1.82) is 0 Å². The van der Waals surface area contributed by atoms with Gasteiger partial charge in [-0.1, -0.05) is 113 Å². The van der Waals surface area contributed by atoms with Crippen LogP contribution in [0.25, 0.3) is 0 Å². The first-order chi connectivity index (χ1) is 8.91. The average molecular weight is 346 g/mol. The van der Waals surface area contributed by atoms with Crippen LogP contribution in [-0.2, 0) is 0 Å². The predicted molar refractivity (Wildman–Crippen MR) is 96.7 cm³/mol. The Morgan fingerprint density at radius 2 is 0.789 bits per heavy atom. The van der Waals surface area contributed by atoms with Gasteiger partial charge in [-0.25, -0.2) is 0 Å². The Hall–Kier alpha value is 1.25. The number of hydrogen-bond acceptors (Lipinski definition) is 0. The van der Waals surface area contributed by atoms with Gasteiger partial charge in [0.05, 0.1) is 0 Å². The Morgan fingerprint density at radius 3 is 1.05 bits per heavy atom. The smallest absolute Gasteiger partial charge is 1.00 e. The van der Waals surface area contributed by atoms with E-state index in [4.69, 9.17) is 0 Å². The summed E-state index contributed by atoms with van der Waals surface area (Å²) in [6.07, 6.45) is 21.8. The summed E-state index contributed by atoms with van der Waals surface area (Å²) in [6.45, 7) is 2.29. The van der Waals surface area contributed by atoms with Gasteiger partial charge in [-0.05, 0) is 6.42 Å². The molecule has 2 heteroatoms. The topological polar surface area (TPSA) is 0 Å². The fourth-order valence-corrected chi connectivity index (χ4v) is 2.86. The molecule has 0 aliphatic carbocycles. The average Bonchev–Trinajstić information content (AvgIpc) is 2.39. The Bertz CT molecular complexity index is 133. The third-order valence-electron chi connectivity index (χ3n) is 3.74. The van der Waals surface area contributed by atoms with E-state index in [2.05, 4.69) is 22.9 Å². The van der Waals surface area contributed by atoms with Gasteiger partial charge in [0.15, 0.2) is 0 Å². The van der Waals surface area contributed by atoms with Crippen LogP contribution in [0.4, 0.5) is 0 Å². The van der Waals surface area contributed by atoms with Crippen LogP contribution >= 0.6 is 15.9 Å². The van der Waals surface area contributed by atoms with Crippen molar-refractivity contribution in [3.05, 3.63) is 0 Å². The molecule has 0 unspecified atom stereocenters. The monoisotopic (exact) mass is 344 g/mol. The molecule has 0 bridgehead atoms. The fraction of sp³-hybridized carbons (Fsp3) is 1.00. The molecule has 0 amide bonds. The zero-order valence-corrected chi connectivity index (χ0v) is 16.4. The normalized spacial score (nSPS) is 10.4. The first kappa shape index (κ1) is 22.5. The second-order valence-electron chi connectivity index (χ2n) is 5.64. The van der Waals surface area contributed by atoms with E-state index in [1.807, 2.05) is 0 Å². The molecule has 0 fully saturated rings. The van der Waals surface area contributed by atoms with Crippen molar-refractivity contribution in [3.8, 4) is 0 Å². The number of hydrogen-bond donors (Lipinski definition) is 0.